The Hall–Kier alpha value is -2.54. The van der Waals surface area contributed by atoms with E-state index in [1.54, 1.807) is 20.3 Å². The summed E-state index contributed by atoms with van der Waals surface area (Å²) in [7, 11) is 3.25. The van der Waals surface area contributed by atoms with Crippen LogP contribution >= 0.6 is 0 Å². The van der Waals surface area contributed by atoms with E-state index < -0.39 is 6.10 Å². The third kappa shape index (κ3) is 7.77. The third-order valence-corrected chi connectivity index (χ3v) is 4.32. The summed E-state index contributed by atoms with van der Waals surface area (Å²) < 4.78 is 21.8. The largest absolute Gasteiger partial charge is 0.493 e. The second kappa shape index (κ2) is 12.8. The summed E-state index contributed by atoms with van der Waals surface area (Å²) in [5.41, 5.74) is 2.08. The summed E-state index contributed by atoms with van der Waals surface area (Å²) in [4.78, 5) is 0. The monoisotopic (exact) mass is 401 g/mol. The van der Waals surface area contributed by atoms with E-state index in [0.717, 1.165) is 29.8 Å². The number of ether oxygens (including phenoxy) is 4. The molecule has 2 aromatic rings. The highest BCUT2D eigenvalue weighted by Gasteiger charge is 2.09. The molecule has 0 saturated heterocycles. The van der Waals surface area contributed by atoms with Gasteiger partial charge in [0.2, 0.25) is 0 Å². The van der Waals surface area contributed by atoms with Crippen LogP contribution in [0.1, 0.15) is 11.1 Å². The van der Waals surface area contributed by atoms with Gasteiger partial charge in [0.05, 0.1) is 27.4 Å². The summed E-state index contributed by atoms with van der Waals surface area (Å²) in [6, 6.07) is 13.5. The number of methoxy groups -OCH3 is 2. The van der Waals surface area contributed by atoms with Gasteiger partial charge in [0.15, 0.2) is 11.5 Å². The SMILES string of the molecule is C=CCOCc1ccccc1OCC(O)CNCCc1ccc(OC)c(OC)c1. The Kier molecular flexibility index (Phi) is 10.1. The molecule has 2 rings (SSSR count). The fourth-order valence-corrected chi connectivity index (χ4v) is 2.80. The van der Waals surface area contributed by atoms with Gasteiger partial charge in [-0.2, -0.15) is 0 Å². The van der Waals surface area contributed by atoms with Crippen LogP contribution in [0, 0.1) is 0 Å². The zero-order valence-electron chi connectivity index (χ0n) is 17.2. The molecule has 158 valence electrons. The first-order chi connectivity index (χ1) is 14.2. The Labute approximate surface area is 173 Å². The van der Waals surface area contributed by atoms with Crippen LogP contribution in [-0.4, -0.2) is 51.7 Å². The lowest BCUT2D eigenvalue weighted by atomic mass is 10.1. The van der Waals surface area contributed by atoms with Crippen molar-refractivity contribution in [3.63, 3.8) is 0 Å². The van der Waals surface area contributed by atoms with Gasteiger partial charge in [0.25, 0.3) is 0 Å². The van der Waals surface area contributed by atoms with Crippen molar-refractivity contribution in [2.24, 2.45) is 0 Å². The smallest absolute Gasteiger partial charge is 0.160 e. The van der Waals surface area contributed by atoms with E-state index in [-0.39, 0.29) is 6.61 Å². The van der Waals surface area contributed by atoms with E-state index >= 15 is 0 Å². The summed E-state index contributed by atoms with van der Waals surface area (Å²) >= 11 is 0. The van der Waals surface area contributed by atoms with Gasteiger partial charge >= 0.3 is 0 Å². The molecule has 0 spiro atoms. The highest BCUT2D eigenvalue weighted by Crippen LogP contribution is 2.27. The van der Waals surface area contributed by atoms with Crippen molar-refractivity contribution >= 4 is 0 Å². The molecule has 0 aliphatic carbocycles. The number of aliphatic hydroxyl groups is 1. The standard InChI is InChI=1S/C23H31NO5/c1-4-13-28-16-19-7-5-6-8-21(19)29-17-20(25)15-24-12-11-18-9-10-22(26-2)23(14-18)27-3/h4-10,14,20,24-25H,1,11-13,15-17H2,2-3H3. The Morgan fingerprint density at radius 3 is 2.62 bits per heavy atom. The molecule has 1 atom stereocenters. The lowest BCUT2D eigenvalue weighted by Crippen LogP contribution is -2.32. The van der Waals surface area contributed by atoms with Gasteiger partial charge in [-0.3, -0.25) is 0 Å². The molecule has 6 heteroatoms. The van der Waals surface area contributed by atoms with Crippen molar-refractivity contribution in [1.82, 2.24) is 5.32 Å². The first-order valence-electron chi connectivity index (χ1n) is 9.67. The van der Waals surface area contributed by atoms with Crippen LogP contribution in [0.2, 0.25) is 0 Å². The van der Waals surface area contributed by atoms with Gasteiger partial charge in [0, 0.05) is 12.1 Å². The van der Waals surface area contributed by atoms with Gasteiger partial charge in [-0.25, -0.2) is 0 Å². The summed E-state index contributed by atoms with van der Waals surface area (Å²) in [6.45, 7) is 5.96. The maximum absolute atomic E-state index is 10.2. The van der Waals surface area contributed by atoms with Gasteiger partial charge in [-0.15, -0.1) is 6.58 Å². The molecule has 2 aromatic carbocycles. The number of para-hydroxylation sites is 1. The molecule has 0 bridgehead atoms. The molecule has 0 aliphatic rings. The molecule has 0 fully saturated rings. The first kappa shape index (κ1) is 22.7. The molecular formula is C23H31NO5. The molecule has 0 saturated carbocycles. The molecule has 29 heavy (non-hydrogen) atoms. The maximum atomic E-state index is 10.2. The van der Waals surface area contributed by atoms with Crippen LogP contribution in [-0.2, 0) is 17.8 Å². The van der Waals surface area contributed by atoms with E-state index in [0.29, 0.717) is 31.3 Å². The lowest BCUT2D eigenvalue weighted by molar-refractivity contribution is 0.102. The highest BCUT2D eigenvalue weighted by molar-refractivity contribution is 5.43. The first-order valence-corrected chi connectivity index (χ1v) is 9.67. The number of rotatable bonds is 14. The highest BCUT2D eigenvalue weighted by atomic mass is 16.5. The van der Waals surface area contributed by atoms with E-state index in [4.69, 9.17) is 18.9 Å². The van der Waals surface area contributed by atoms with Gasteiger partial charge in [-0.1, -0.05) is 30.3 Å². The molecular weight excluding hydrogens is 370 g/mol. The summed E-state index contributed by atoms with van der Waals surface area (Å²) in [5, 5.41) is 13.4. The summed E-state index contributed by atoms with van der Waals surface area (Å²) in [5.74, 6) is 2.15. The minimum absolute atomic E-state index is 0.210. The van der Waals surface area contributed by atoms with Crippen molar-refractivity contribution in [2.45, 2.75) is 19.1 Å². The van der Waals surface area contributed by atoms with Crippen molar-refractivity contribution in [1.29, 1.82) is 0 Å². The van der Waals surface area contributed by atoms with Crippen molar-refractivity contribution < 1.29 is 24.1 Å². The van der Waals surface area contributed by atoms with Crippen molar-refractivity contribution in [2.75, 3.05) is 40.5 Å². The number of hydrogen-bond acceptors (Lipinski definition) is 6. The zero-order chi connectivity index (χ0) is 20.9. The Morgan fingerprint density at radius 2 is 1.86 bits per heavy atom. The fraction of sp³-hybridized carbons (Fsp3) is 0.391. The minimum atomic E-state index is -0.609. The maximum Gasteiger partial charge on any atom is 0.160 e. The van der Waals surface area contributed by atoms with Crippen LogP contribution in [0.15, 0.2) is 55.1 Å². The average molecular weight is 402 g/mol. The average Bonchev–Trinajstić information content (AvgIpc) is 2.76. The molecule has 0 aromatic heterocycles. The van der Waals surface area contributed by atoms with E-state index in [2.05, 4.69) is 11.9 Å². The lowest BCUT2D eigenvalue weighted by Gasteiger charge is -2.16. The number of benzene rings is 2. The molecule has 1 unspecified atom stereocenters. The quantitative estimate of drug-likeness (QED) is 0.375. The van der Waals surface area contributed by atoms with Gasteiger partial charge in [0.1, 0.15) is 18.5 Å². The van der Waals surface area contributed by atoms with Crippen LogP contribution in [0.25, 0.3) is 0 Å². The van der Waals surface area contributed by atoms with Crippen LogP contribution in [0.3, 0.4) is 0 Å². The van der Waals surface area contributed by atoms with Gasteiger partial charge < -0.3 is 29.4 Å². The van der Waals surface area contributed by atoms with Crippen molar-refractivity contribution in [3.8, 4) is 17.2 Å². The van der Waals surface area contributed by atoms with Crippen LogP contribution in [0.4, 0.5) is 0 Å². The Bertz CT molecular complexity index is 750. The van der Waals surface area contributed by atoms with Crippen molar-refractivity contribution in [3.05, 3.63) is 66.2 Å². The fourth-order valence-electron chi connectivity index (χ4n) is 2.80. The van der Waals surface area contributed by atoms with Crippen LogP contribution in [0.5, 0.6) is 17.2 Å². The second-order valence-electron chi connectivity index (χ2n) is 6.52. The third-order valence-electron chi connectivity index (χ3n) is 4.32. The van der Waals surface area contributed by atoms with E-state index in [1.807, 2.05) is 42.5 Å². The zero-order valence-corrected chi connectivity index (χ0v) is 17.2. The van der Waals surface area contributed by atoms with E-state index in [1.165, 1.54) is 0 Å². The number of hydrogen-bond donors (Lipinski definition) is 2. The predicted octanol–water partition coefficient (Wildman–Crippen LogP) is 2.98. The van der Waals surface area contributed by atoms with Crippen LogP contribution < -0.4 is 19.5 Å². The molecule has 0 heterocycles. The minimum Gasteiger partial charge on any atom is -0.493 e. The molecule has 6 nitrogen and oxygen atoms in total. The molecule has 0 aliphatic heterocycles. The molecule has 0 amide bonds. The Balaban J connectivity index is 1.71. The normalized spacial score (nSPS) is 11.7. The summed E-state index contributed by atoms with van der Waals surface area (Å²) in [6.07, 6.45) is 1.92. The second-order valence-corrected chi connectivity index (χ2v) is 6.52. The molecule has 0 radical (unpaired) electrons. The number of nitrogens with one attached hydrogen (secondary N) is 1. The predicted molar refractivity (Wildman–Crippen MR) is 114 cm³/mol. The van der Waals surface area contributed by atoms with Gasteiger partial charge in [-0.05, 0) is 36.7 Å². The molecule has 2 N–H and O–H groups in total. The number of aliphatic hydroxyl groups excluding tert-OH is 1. The topological polar surface area (TPSA) is 69.2 Å². The van der Waals surface area contributed by atoms with E-state index in [9.17, 15) is 5.11 Å². The Morgan fingerprint density at radius 1 is 1.07 bits per heavy atom.